The zero-order valence-corrected chi connectivity index (χ0v) is 6.86. The van der Waals surface area contributed by atoms with Crippen molar-refractivity contribution in [3.05, 3.63) is 23.8 Å². The van der Waals surface area contributed by atoms with Crippen molar-refractivity contribution in [2.45, 2.75) is 27.7 Å². The molecule has 0 saturated carbocycles. The molecule has 1 atom stereocenters. The second kappa shape index (κ2) is 3.49. The molecule has 0 aromatic rings. The molecular formula is C9H16. The molecule has 9 heavy (non-hydrogen) atoms. The summed E-state index contributed by atoms with van der Waals surface area (Å²) in [5.41, 5.74) is 2.84. The summed E-state index contributed by atoms with van der Waals surface area (Å²) in [5, 5.41) is 0. The van der Waals surface area contributed by atoms with Crippen LogP contribution in [0.1, 0.15) is 27.7 Å². The van der Waals surface area contributed by atoms with Gasteiger partial charge in [0.2, 0.25) is 0 Å². The van der Waals surface area contributed by atoms with Crippen LogP contribution < -0.4 is 0 Å². The van der Waals surface area contributed by atoms with Gasteiger partial charge in [0.05, 0.1) is 0 Å². The van der Waals surface area contributed by atoms with E-state index in [1.165, 1.54) is 11.1 Å². The van der Waals surface area contributed by atoms with Crippen LogP contribution in [0.5, 0.6) is 0 Å². The highest BCUT2D eigenvalue weighted by atomic mass is 14.0. The average molecular weight is 124 g/mol. The van der Waals surface area contributed by atoms with Gasteiger partial charge in [-0.15, -0.1) is 6.58 Å². The Kier molecular flexibility index (Phi) is 3.29. The maximum absolute atomic E-state index is 3.73. The van der Waals surface area contributed by atoms with E-state index in [2.05, 4.69) is 34.3 Å². The summed E-state index contributed by atoms with van der Waals surface area (Å²) in [6.07, 6.45) is 1.97. The molecule has 0 aliphatic carbocycles. The third-order valence-electron chi connectivity index (χ3n) is 1.83. The zero-order chi connectivity index (χ0) is 7.44. The molecule has 0 spiro atoms. The number of allylic oxidation sites excluding steroid dienone is 3. The molecule has 0 radical (unpaired) electrons. The number of rotatable bonds is 2. The monoisotopic (exact) mass is 124 g/mol. The maximum Gasteiger partial charge on any atom is -0.00546 e. The van der Waals surface area contributed by atoms with Gasteiger partial charge < -0.3 is 0 Å². The Morgan fingerprint density at radius 2 is 1.78 bits per heavy atom. The summed E-state index contributed by atoms with van der Waals surface area (Å²) in [5.74, 6) is 0.537. The molecule has 0 fully saturated rings. The van der Waals surface area contributed by atoms with Gasteiger partial charge in [0.15, 0.2) is 0 Å². The van der Waals surface area contributed by atoms with E-state index in [1.54, 1.807) is 0 Å². The van der Waals surface area contributed by atoms with Crippen LogP contribution >= 0.6 is 0 Å². The number of hydrogen-bond donors (Lipinski definition) is 0. The Balaban J connectivity index is 4.19. The van der Waals surface area contributed by atoms with E-state index in [1.807, 2.05) is 6.08 Å². The molecule has 0 N–H and O–H groups in total. The van der Waals surface area contributed by atoms with Crippen molar-refractivity contribution in [1.82, 2.24) is 0 Å². The van der Waals surface area contributed by atoms with Gasteiger partial charge in [-0.3, -0.25) is 0 Å². The van der Waals surface area contributed by atoms with Crippen molar-refractivity contribution in [3.8, 4) is 0 Å². The van der Waals surface area contributed by atoms with Crippen LogP contribution in [0.25, 0.3) is 0 Å². The predicted molar refractivity (Wildman–Crippen MR) is 43.4 cm³/mol. The standard InChI is InChI=1S/C9H16/c1-6-8(4)9(5)7(2)3/h6,8H,1H2,2-5H3. The van der Waals surface area contributed by atoms with Crippen molar-refractivity contribution < 1.29 is 0 Å². The lowest BCUT2D eigenvalue weighted by molar-refractivity contribution is 0.847. The molecule has 0 aromatic carbocycles. The molecule has 0 saturated heterocycles. The van der Waals surface area contributed by atoms with E-state index >= 15 is 0 Å². The minimum Gasteiger partial charge on any atom is -0.102 e. The van der Waals surface area contributed by atoms with Crippen LogP contribution in [0.15, 0.2) is 23.8 Å². The molecular weight excluding hydrogens is 108 g/mol. The lowest BCUT2D eigenvalue weighted by atomic mass is 9.99. The molecule has 0 rings (SSSR count). The first kappa shape index (κ1) is 8.48. The van der Waals surface area contributed by atoms with E-state index < -0.39 is 0 Å². The highest BCUT2D eigenvalue weighted by Gasteiger charge is 1.98. The van der Waals surface area contributed by atoms with Gasteiger partial charge in [-0.2, -0.15) is 0 Å². The van der Waals surface area contributed by atoms with Gasteiger partial charge in [0.25, 0.3) is 0 Å². The Bertz CT molecular complexity index is 125. The highest BCUT2D eigenvalue weighted by molar-refractivity contribution is 5.13. The fourth-order valence-corrected chi connectivity index (χ4v) is 0.632. The topological polar surface area (TPSA) is 0 Å². The van der Waals surface area contributed by atoms with Crippen molar-refractivity contribution in [2.24, 2.45) is 5.92 Å². The molecule has 0 aliphatic rings. The molecule has 0 aliphatic heterocycles. The summed E-state index contributed by atoms with van der Waals surface area (Å²) in [6, 6.07) is 0. The Morgan fingerprint density at radius 3 is 1.89 bits per heavy atom. The van der Waals surface area contributed by atoms with Gasteiger partial charge in [0.1, 0.15) is 0 Å². The van der Waals surface area contributed by atoms with Crippen molar-refractivity contribution in [1.29, 1.82) is 0 Å². The molecule has 0 heteroatoms. The van der Waals surface area contributed by atoms with Crippen LogP contribution in [-0.4, -0.2) is 0 Å². The molecule has 0 nitrogen and oxygen atoms in total. The third-order valence-corrected chi connectivity index (χ3v) is 1.83. The first-order chi connectivity index (χ1) is 4.09. The third kappa shape index (κ3) is 2.50. The Hall–Kier alpha value is -0.520. The zero-order valence-electron chi connectivity index (χ0n) is 6.86. The van der Waals surface area contributed by atoms with E-state index in [0.29, 0.717) is 5.92 Å². The van der Waals surface area contributed by atoms with Gasteiger partial charge >= 0.3 is 0 Å². The second-order valence-electron chi connectivity index (χ2n) is 2.71. The van der Waals surface area contributed by atoms with Crippen LogP contribution in [-0.2, 0) is 0 Å². The normalized spacial score (nSPS) is 12.4. The smallest absolute Gasteiger partial charge is 0.00546 e. The summed E-state index contributed by atoms with van der Waals surface area (Å²) < 4.78 is 0. The first-order valence-corrected chi connectivity index (χ1v) is 3.36. The fourth-order valence-electron chi connectivity index (χ4n) is 0.632. The quantitative estimate of drug-likeness (QED) is 0.496. The number of hydrogen-bond acceptors (Lipinski definition) is 0. The minimum atomic E-state index is 0.537. The van der Waals surface area contributed by atoms with E-state index in [9.17, 15) is 0 Å². The lowest BCUT2D eigenvalue weighted by Crippen LogP contribution is -1.91. The second-order valence-corrected chi connectivity index (χ2v) is 2.71. The fraction of sp³-hybridized carbons (Fsp3) is 0.556. The average Bonchev–Trinajstić information content (AvgIpc) is 1.84. The SMILES string of the molecule is C=CC(C)C(C)=C(C)C. The lowest BCUT2D eigenvalue weighted by Gasteiger charge is -2.07. The van der Waals surface area contributed by atoms with E-state index in [0.717, 1.165) is 0 Å². The van der Waals surface area contributed by atoms with Crippen LogP contribution in [0, 0.1) is 5.92 Å². The predicted octanol–water partition coefficient (Wildman–Crippen LogP) is 3.16. The molecule has 0 aromatic heterocycles. The maximum atomic E-state index is 3.73. The van der Waals surface area contributed by atoms with Gasteiger partial charge in [-0.05, 0) is 26.7 Å². The summed E-state index contributed by atoms with van der Waals surface area (Å²) in [6.45, 7) is 12.3. The first-order valence-electron chi connectivity index (χ1n) is 3.36. The molecule has 0 amide bonds. The Morgan fingerprint density at radius 1 is 1.33 bits per heavy atom. The molecule has 0 bridgehead atoms. The largest absolute Gasteiger partial charge is 0.102 e. The van der Waals surface area contributed by atoms with Crippen molar-refractivity contribution in [2.75, 3.05) is 0 Å². The molecule has 0 heterocycles. The summed E-state index contributed by atoms with van der Waals surface area (Å²) in [7, 11) is 0. The molecule has 52 valence electrons. The van der Waals surface area contributed by atoms with E-state index in [4.69, 9.17) is 0 Å². The van der Waals surface area contributed by atoms with E-state index in [-0.39, 0.29) is 0 Å². The van der Waals surface area contributed by atoms with Crippen molar-refractivity contribution >= 4 is 0 Å². The Labute approximate surface area is 58.3 Å². The van der Waals surface area contributed by atoms with Gasteiger partial charge in [-0.25, -0.2) is 0 Å². The van der Waals surface area contributed by atoms with Crippen molar-refractivity contribution in [3.63, 3.8) is 0 Å². The molecule has 1 unspecified atom stereocenters. The minimum absolute atomic E-state index is 0.537. The van der Waals surface area contributed by atoms with Crippen LogP contribution in [0.3, 0.4) is 0 Å². The summed E-state index contributed by atoms with van der Waals surface area (Å²) >= 11 is 0. The highest BCUT2D eigenvalue weighted by Crippen LogP contribution is 2.13. The van der Waals surface area contributed by atoms with Crippen LogP contribution in [0.2, 0.25) is 0 Å². The van der Waals surface area contributed by atoms with Crippen LogP contribution in [0.4, 0.5) is 0 Å². The van der Waals surface area contributed by atoms with Gasteiger partial charge in [-0.1, -0.05) is 24.1 Å². The summed E-state index contributed by atoms with van der Waals surface area (Å²) in [4.78, 5) is 0. The van der Waals surface area contributed by atoms with Gasteiger partial charge in [0, 0.05) is 0 Å².